The molecule has 1 aliphatic carbocycles. The number of nitrogens with zero attached hydrogens (tertiary/aromatic N) is 6. The number of aliphatic hydroxyl groups excluding tert-OH is 1. The topological polar surface area (TPSA) is 156 Å². The van der Waals surface area contributed by atoms with Crippen LogP contribution in [0.5, 0.6) is 0 Å². The Morgan fingerprint density at radius 1 is 1.00 bits per heavy atom. The lowest BCUT2D eigenvalue weighted by molar-refractivity contribution is -0.879. The van der Waals surface area contributed by atoms with Crippen LogP contribution in [0.4, 0.5) is 19.3 Å². The van der Waals surface area contributed by atoms with Gasteiger partial charge >= 0.3 is 6.03 Å². The van der Waals surface area contributed by atoms with Gasteiger partial charge in [-0.1, -0.05) is 17.7 Å². The Bertz CT molecular complexity index is 2130. The van der Waals surface area contributed by atoms with Crippen molar-refractivity contribution in [2.24, 2.45) is 18.9 Å². The number of methoxy groups -OCH3 is 1. The first-order valence-electron chi connectivity index (χ1n) is 17.7. The number of halogens is 3. The van der Waals surface area contributed by atoms with E-state index in [0.717, 1.165) is 0 Å². The number of likely N-dealkylation sites (tertiary alicyclic amines) is 2. The summed E-state index contributed by atoms with van der Waals surface area (Å²) >= 11 is 6.49. The Balaban J connectivity index is 0.949. The summed E-state index contributed by atoms with van der Waals surface area (Å²) < 4.78 is 39.7. The van der Waals surface area contributed by atoms with Crippen LogP contribution in [0.15, 0.2) is 42.7 Å². The van der Waals surface area contributed by atoms with Crippen molar-refractivity contribution in [2.75, 3.05) is 59.3 Å². The molecule has 2 aromatic heterocycles. The number of quaternary nitrogens is 1. The largest absolute Gasteiger partial charge is 0.385 e. The molecule has 14 nitrogen and oxygen atoms in total. The van der Waals surface area contributed by atoms with Gasteiger partial charge in [0.1, 0.15) is 25.2 Å². The molecular weight excluding hydrogens is 724 g/mol. The molecule has 0 bridgehead atoms. The van der Waals surface area contributed by atoms with E-state index in [4.69, 9.17) is 16.3 Å². The maximum atomic E-state index is 15.5. The van der Waals surface area contributed by atoms with Crippen LogP contribution in [-0.2, 0) is 18.3 Å². The summed E-state index contributed by atoms with van der Waals surface area (Å²) in [5.41, 5.74) is 1.81. The number of urea groups is 1. The Morgan fingerprint density at radius 3 is 2.37 bits per heavy atom. The normalized spacial score (nSPS) is 22.6. The lowest BCUT2D eigenvalue weighted by Crippen LogP contribution is -2.50. The highest BCUT2D eigenvalue weighted by molar-refractivity contribution is 6.34. The highest BCUT2D eigenvalue weighted by Gasteiger charge is 2.58. The average Bonchev–Trinajstić information content (AvgIpc) is 3.57. The fourth-order valence-corrected chi connectivity index (χ4v) is 8.06. The third-order valence-electron chi connectivity index (χ3n) is 10.8. The predicted molar refractivity (Wildman–Crippen MR) is 196 cm³/mol. The van der Waals surface area contributed by atoms with E-state index in [1.807, 2.05) is 14.1 Å². The number of piperidine rings is 1. The molecule has 54 heavy (non-hydrogen) atoms. The summed E-state index contributed by atoms with van der Waals surface area (Å²) in [6, 6.07) is 6.80. The van der Waals surface area contributed by atoms with Crippen molar-refractivity contribution in [3.05, 3.63) is 76.5 Å². The number of anilines is 1. The molecule has 17 heteroatoms. The maximum Gasteiger partial charge on any atom is 0.317 e. The van der Waals surface area contributed by atoms with Crippen molar-refractivity contribution in [1.29, 1.82) is 0 Å². The number of fused-ring (bicyclic) bond motifs is 1. The van der Waals surface area contributed by atoms with E-state index in [-0.39, 0.29) is 69.1 Å². The number of rotatable bonds is 10. The van der Waals surface area contributed by atoms with E-state index in [0.29, 0.717) is 60.8 Å². The molecule has 4 N–H and O–H groups in total. The number of likely N-dealkylation sites (N-methyl/N-ethyl adjacent to an activating group) is 1. The third kappa shape index (κ3) is 7.06. The molecule has 2 aliphatic heterocycles. The van der Waals surface area contributed by atoms with Gasteiger partial charge in [-0.3, -0.25) is 14.3 Å². The summed E-state index contributed by atoms with van der Waals surface area (Å²) in [6.07, 6.45) is 2.19. The van der Waals surface area contributed by atoms with E-state index < -0.39 is 23.6 Å². The Hall–Kier alpha value is -4.90. The second-order valence-electron chi connectivity index (χ2n) is 15.0. The van der Waals surface area contributed by atoms with Gasteiger partial charge in [0.25, 0.3) is 11.8 Å². The highest BCUT2D eigenvalue weighted by atomic mass is 35.5. The molecule has 0 radical (unpaired) electrons. The molecule has 3 aliphatic rings. The number of hydrogen-bond acceptors (Lipinski definition) is 7. The average molecular weight is 767 g/mol. The number of nitrogens with one attached hydrogen (secondary N) is 3. The van der Waals surface area contributed by atoms with Crippen LogP contribution in [0.25, 0.3) is 22.4 Å². The molecule has 1 saturated carbocycles. The lowest BCUT2D eigenvalue weighted by Gasteiger charge is -2.25. The number of hydrogen-bond donors (Lipinski definition) is 4. The van der Waals surface area contributed by atoms with Gasteiger partial charge in [0.05, 0.1) is 55.9 Å². The van der Waals surface area contributed by atoms with Crippen molar-refractivity contribution in [1.82, 2.24) is 34.9 Å². The van der Waals surface area contributed by atoms with E-state index in [1.54, 1.807) is 23.6 Å². The second-order valence-corrected chi connectivity index (χ2v) is 15.4. The monoisotopic (exact) mass is 766 g/mol. The van der Waals surface area contributed by atoms with Gasteiger partial charge in [-0.2, -0.15) is 5.10 Å². The number of amides is 4. The first-order valence-corrected chi connectivity index (χ1v) is 18.0. The van der Waals surface area contributed by atoms with Crippen molar-refractivity contribution in [3.63, 3.8) is 0 Å². The van der Waals surface area contributed by atoms with Crippen LogP contribution < -0.4 is 16.0 Å². The molecule has 4 aromatic rings. The minimum Gasteiger partial charge on any atom is -0.385 e. The van der Waals surface area contributed by atoms with Crippen LogP contribution in [0.2, 0.25) is 5.02 Å². The van der Waals surface area contributed by atoms with Gasteiger partial charge < -0.3 is 39.7 Å². The Labute approximate surface area is 315 Å². The van der Waals surface area contributed by atoms with Crippen LogP contribution in [0.1, 0.15) is 26.7 Å². The van der Waals surface area contributed by atoms with Gasteiger partial charge in [-0.15, -0.1) is 0 Å². The zero-order valence-electron chi connectivity index (χ0n) is 30.6. The maximum absolute atomic E-state index is 15.5. The summed E-state index contributed by atoms with van der Waals surface area (Å²) in [4.78, 5) is 45.1. The van der Waals surface area contributed by atoms with Gasteiger partial charge in [-0.05, 0) is 31.2 Å². The fourth-order valence-electron chi connectivity index (χ4n) is 7.79. The molecule has 4 heterocycles. The van der Waals surface area contributed by atoms with Crippen LogP contribution in [0.3, 0.4) is 0 Å². The molecule has 1 unspecified atom stereocenters. The molecule has 0 spiro atoms. The quantitative estimate of drug-likeness (QED) is 0.181. The zero-order chi connectivity index (χ0) is 38.6. The first kappa shape index (κ1) is 37.4. The second kappa shape index (κ2) is 14.4. The third-order valence-corrected chi connectivity index (χ3v) is 11.2. The SMILES string of the molecule is COCCn1ncc(-c2ccc(-c3cnc(C(=O)Nc4ccc(C(=O)NC5[C@H]6CN(C(=O)N[C@@H]7C[N+](C)(C)C[C@H]7O)C[C@@H]56)c(Cl)c4)n3C)c(F)c2F)c1C. The van der Waals surface area contributed by atoms with Crippen LogP contribution >= 0.6 is 11.6 Å². The van der Waals surface area contributed by atoms with Crippen molar-refractivity contribution >= 4 is 35.1 Å². The Kier molecular flexibility index (Phi) is 9.97. The standard InChI is InChI=1S/C37H42ClF2N9O5/c1-19-24(13-42-48(19)10-11-54-5)21-8-9-23(32(40)31(21)39)29-14-41-34(46(29)2)36(52)43-20-6-7-22(27(38)12-20)35(51)45-33-25-15-47(16-26(25)33)37(53)44-28-17-49(3,4)18-30(28)50/h6-9,12-14,25-26,28,30,33,50H,10-11,15-18H2,1-5H3,(H2-,43,44,45,51,52,53)/p+1/t25-,26+,28-,30-,33?/m1/s1. The van der Waals surface area contributed by atoms with Crippen molar-refractivity contribution < 1.29 is 37.5 Å². The molecule has 7 rings (SSSR count). The number of carbonyl (C=O) groups is 3. The van der Waals surface area contributed by atoms with E-state index in [2.05, 4.69) is 26.0 Å². The fraction of sp³-hybridized carbons (Fsp3) is 0.432. The number of aliphatic hydroxyl groups is 1. The number of carbonyl (C=O) groups excluding carboxylic acids is 3. The molecule has 4 amide bonds. The van der Waals surface area contributed by atoms with E-state index >= 15 is 8.78 Å². The lowest BCUT2D eigenvalue weighted by atomic mass is 10.0. The molecule has 2 aromatic carbocycles. The van der Waals surface area contributed by atoms with Crippen molar-refractivity contribution in [3.8, 4) is 22.4 Å². The number of benzene rings is 2. The van der Waals surface area contributed by atoms with E-state index in [1.165, 1.54) is 54.3 Å². The number of aromatic nitrogens is 4. The molecule has 2 saturated heterocycles. The smallest absolute Gasteiger partial charge is 0.317 e. The van der Waals surface area contributed by atoms with Gasteiger partial charge in [-0.25, -0.2) is 18.6 Å². The molecule has 3 fully saturated rings. The number of imidazole rings is 1. The predicted octanol–water partition coefficient (Wildman–Crippen LogP) is 3.28. The first-order chi connectivity index (χ1) is 25.7. The minimum atomic E-state index is -1.09. The molecule has 5 atom stereocenters. The molecular formula is C37H43ClF2N9O5+. The van der Waals surface area contributed by atoms with Gasteiger partial charge in [0, 0.05) is 73.2 Å². The number of ether oxygens (including phenoxy) is 1. The zero-order valence-corrected chi connectivity index (χ0v) is 31.3. The summed E-state index contributed by atoms with van der Waals surface area (Å²) in [7, 11) is 7.12. The summed E-state index contributed by atoms with van der Waals surface area (Å²) in [5.74, 6) is -2.94. The minimum absolute atomic E-state index is 0.0584. The molecule has 286 valence electrons. The Morgan fingerprint density at radius 2 is 1.70 bits per heavy atom. The summed E-state index contributed by atoms with van der Waals surface area (Å²) in [5, 5.41) is 23.4. The summed E-state index contributed by atoms with van der Waals surface area (Å²) in [6.45, 7) is 4.90. The van der Waals surface area contributed by atoms with Gasteiger partial charge in [0.15, 0.2) is 17.5 Å². The van der Waals surface area contributed by atoms with Crippen molar-refractivity contribution in [2.45, 2.75) is 31.7 Å². The highest BCUT2D eigenvalue weighted by Crippen LogP contribution is 2.46. The van der Waals surface area contributed by atoms with Crippen LogP contribution in [0, 0.1) is 30.4 Å². The van der Waals surface area contributed by atoms with Gasteiger partial charge in [0.2, 0.25) is 0 Å². The van der Waals surface area contributed by atoms with E-state index in [9.17, 15) is 19.5 Å². The van der Waals surface area contributed by atoms with Crippen LogP contribution in [-0.4, -0.2) is 124 Å².